The summed E-state index contributed by atoms with van der Waals surface area (Å²) in [5.74, 6) is -0.467. The molecule has 1 amide bonds. The summed E-state index contributed by atoms with van der Waals surface area (Å²) in [7, 11) is 0.0666. The molecule has 0 fully saturated rings. The molecule has 0 aliphatic rings. The lowest BCUT2D eigenvalue weighted by Gasteiger charge is -2.21. The fourth-order valence-electron chi connectivity index (χ4n) is 1.97. The quantitative estimate of drug-likeness (QED) is 0.389. The van der Waals surface area contributed by atoms with Crippen molar-refractivity contribution in [1.82, 2.24) is 10.2 Å². The van der Waals surface area contributed by atoms with E-state index in [1.54, 1.807) is 0 Å². The maximum Gasteiger partial charge on any atom is 0.271 e. The van der Waals surface area contributed by atoms with Gasteiger partial charge in [0.2, 0.25) is 15.9 Å². The summed E-state index contributed by atoms with van der Waals surface area (Å²) in [6.45, 7) is 0.784. The second-order valence-electron chi connectivity index (χ2n) is 5.55. The monoisotopic (exact) mass is 358 g/mol. The Morgan fingerprint density at radius 2 is 2.00 bits per heavy atom. The van der Waals surface area contributed by atoms with E-state index in [-0.39, 0.29) is 11.4 Å². The van der Waals surface area contributed by atoms with Crippen molar-refractivity contribution in [3.05, 3.63) is 34.4 Å². The predicted molar refractivity (Wildman–Crippen MR) is 91.5 cm³/mol. The summed E-state index contributed by atoms with van der Waals surface area (Å²) >= 11 is 0. The third-order valence-electron chi connectivity index (χ3n) is 3.12. The summed E-state index contributed by atoms with van der Waals surface area (Å²) in [6, 6.07) is 5.17. The largest absolute Gasteiger partial charge is 0.354 e. The van der Waals surface area contributed by atoms with Crippen molar-refractivity contribution in [2.24, 2.45) is 0 Å². The van der Waals surface area contributed by atoms with E-state index in [9.17, 15) is 23.3 Å². The Kier molecular flexibility index (Phi) is 7.11. The molecule has 1 N–H and O–H groups in total. The number of anilines is 1. The molecule has 0 spiro atoms. The van der Waals surface area contributed by atoms with Crippen LogP contribution in [0.2, 0.25) is 0 Å². The lowest BCUT2D eigenvalue weighted by atomic mass is 10.3. The Bertz CT molecular complexity index is 690. The van der Waals surface area contributed by atoms with Crippen LogP contribution in [0.15, 0.2) is 24.3 Å². The van der Waals surface area contributed by atoms with Crippen LogP contribution in [0.3, 0.4) is 0 Å². The number of nitrogens with one attached hydrogen (secondary N) is 1. The lowest BCUT2D eigenvalue weighted by Crippen LogP contribution is -2.41. The van der Waals surface area contributed by atoms with Gasteiger partial charge in [-0.3, -0.25) is 19.2 Å². The molecule has 0 saturated carbocycles. The summed E-state index contributed by atoms with van der Waals surface area (Å²) in [4.78, 5) is 24.2. The number of hydrogen-bond acceptors (Lipinski definition) is 6. The smallest absolute Gasteiger partial charge is 0.271 e. The summed E-state index contributed by atoms with van der Waals surface area (Å²) < 4.78 is 24.7. The Morgan fingerprint density at radius 1 is 1.33 bits per heavy atom. The molecule has 0 unspecified atom stereocenters. The molecule has 24 heavy (non-hydrogen) atoms. The highest BCUT2D eigenvalue weighted by Gasteiger charge is 2.22. The van der Waals surface area contributed by atoms with Gasteiger partial charge in [0.1, 0.15) is 6.54 Å². The van der Waals surface area contributed by atoms with E-state index in [0.717, 1.165) is 29.6 Å². The minimum atomic E-state index is -3.76. The van der Waals surface area contributed by atoms with Gasteiger partial charge in [0.15, 0.2) is 0 Å². The number of hydrogen-bond donors (Lipinski definition) is 1. The third-order valence-corrected chi connectivity index (χ3v) is 4.26. The second kappa shape index (κ2) is 8.60. The first kappa shape index (κ1) is 19.8. The second-order valence-corrected chi connectivity index (χ2v) is 7.46. The van der Waals surface area contributed by atoms with Crippen LogP contribution in [0, 0.1) is 10.1 Å². The van der Waals surface area contributed by atoms with Crippen molar-refractivity contribution < 1.29 is 18.1 Å². The van der Waals surface area contributed by atoms with Gasteiger partial charge in [0.05, 0.1) is 16.9 Å². The van der Waals surface area contributed by atoms with Crippen LogP contribution in [0.25, 0.3) is 0 Å². The first-order chi connectivity index (χ1) is 11.1. The highest BCUT2D eigenvalue weighted by molar-refractivity contribution is 7.92. The van der Waals surface area contributed by atoms with Gasteiger partial charge in [-0.05, 0) is 33.1 Å². The highest BCUT2D eigenvalue weighted by Crippen LogP contribution is 2.22. The van der Waals surface area contributed by atoms with E-state index in [0.29, 0.717) is 6.54 Å². The molecule has 1 aromatic carbocycles. The lowest BCUT2D eigenvalue weighted by molar-refractivity contribution is -0.384. The zero-order chi connectivity index (χ0) is 18.3. The van der Waals surface area contributed by atoms with Gasteiger partial charge in [-0.15, -0.1) is 0 Å². The Hall–Kier alpha value is -2.20. The number of nitro groups is 1. The molecule has 134 valence electrons. The zero-order valence-electron chi connectivity index (χ0n) is 13.9. The number of benzene rings is 1. The molecule has 0 radical (unpaired) electrons. The Labute approximate surface area is 141 Å². The summed E-state index contributed by atoms with van der Waals surface area (Å²) in [5, 5.41) is 13.5. The molecular weight excluding hydrogens is 336 g/mol. The van der Waals surface area contributed by atoms with E-state index in [4.69, 9.17) is 0 Å². The normalized spacial score (nSPS) is 11.3. The van der Waals surface area contributed by atoms with Crippen molar-refractivity contribution in [2.45, 2.75) is 6.42 Å². The number of nitro benzene ring substituents is 1. The van der Waals surface area contributed by atoms with Crippen molar-refractivity contribution in [3.63, 3.8) is 0 Å². The maximum atomic E-state index is 12.0. The molecule has 0 aliphatic carbocycles. The van der Waals surface area contributed by atoms with Gasteiger partial charge in [0.25, 0.3) is 5.69 Å². The maximum absolute atomic E-state index is 12.0. The number of carbonyl (C=O) groups is 1. The van der Waals surface area contributed by atoms with Crippen molar-refractivity contribution in [2.75, 3.05) is 44.3 Å². The molecule has 0 bridgehead atoms. The molecule has 1 rings (SSSR count). The summed E-state index contributed by atoms with van der Waals surface area (Å²) in [5.41, 5.74) is -0.164. The van der Waals surface area contributed by atoms with Crippen molar-refractivity contribution >= 4 is 27.3 Å². The molecule has 9 nitrogen and oxygen atoms in total. The van der Waals surface area contributed by atoms with Crippen LogP contribution in [0.1, 0.15) is 6.42 Å². The number of carbonyl (C=O) groups excluding carboxylic acids is 1. The number of rotatable bonds is 9. The standard InChI is InChI=1S/C14H22N4O5S/c1-16(2)9-5-8-15-14(19)11-17(24(3,22)23)12-6-4-7-13(10-12)18(20)21/h4,6-7,10H,5,8-9,11H2,1-3H3,(H,15,19). The van der Waals surface area contributed by atoms with Crippen LogP contribution in [-0.4, -0.2) is 64.1 Å². The SMILES string of the molecule is CN(C)CCCNC(=O)CN(c1cccc([N+](=O)[O-])c1)S(C)(=O)=O. The van der Waals surface area contributed by atoms with Crippen molar-refractivity contribution in [3.8, 4) is 0 Å². The molecule has 0 saturated heterocycles. The number of sulfonamides is 1. The van der Waals surface area contributed by atoms with Crippen LogP contribution >= 0.6 is 0 Å². The molecular formula is C14H22N4O5S. The topological polar surface area (TPSA) is 113 Å². The predicted octanol–water partition coefficient (Wildman–Crippen LogP) is 0.429. The van der Waals surface area contributed by atoms with Gasteiger partial charge in [0, 0.05) is 18.7 Å². The van der Waals surface area contributed by atoms with Gasteiger partial charge in [-0.1, -0.05) is 6.07 Å². The van der Waals surface area contributed by atoms with E-state index >= 15 is 0 Å². The Morgan fingerprint density at radius 3 is 2.54 bits per heavy atom. The highest BCUT2D eigenvalue weighted by atomic mass is 32.2. The van der Waals surface area contributed by atoms with E-state index in [1.165, 1.54) is 18.2 Å². The average molecular weight is 358 g/mol. The molecule has 0 aromatic heterocycles. The third kappa shape index (κ3) is 6.50. The average Bonchev–Trinajstić information content (AvgIpc) is 2.48. The first-order valence-corrected chi connectivity index (χ1v) is 9.09. The Balaban J connectivity index is 2.82. The van der Waals surface area contributed by atoms with Gasteiger partial charge in [-0.25, -0.2) is 8.42 Å². The minimum Gasteiger partial charge on any atom is -0.354 e. The minimum absolute atomic E-state index is 0.0788. The fraction of sp³-hybridized carbons (Fsp3) is 0.500. The summed E-state index contributed by atoms with van der Waals surface area (Å²) in [6.07, 6.45) is 1.68. The van der Waals surface area contributed by atoms with E-state index in [1.807, 2.05) is 19.0 Å². The van der Waals surface area contributed by atoms with Crippen LogP contribution in [-0.2, 0) is 14.8 Å². The number of nitrogens with zero attached hydrogens (tertiary/aromatic N) is 3. The van der Waals surface area contributed by atoms with E-state index in [2.05, 4.69) is 5.32 Å². The first-order valence-electron chi connectivity index (χ1n) is 7.25. The van der Waals surface area contributed by atoms with Gasteiger partial charge < -0.3 is 10.2 Å². The van der Waals surface area contributed by atoms with Crippen LogP contribution in [0.5, 0.6) is 0 Å². The molecule has 0 aliphatic heterocycles. The molecule has 1 aromatic rings. The van der Waals surface area contributed by atoms with Gasteiger partial charge in [-0.2, -0.15) is 0 Å². The molecule has 0 heterocycles. The van der Waals surface area contributed by atoms with Crippen LogP contribution in [0.4, 0.5) is 11.4 Å². The van der Waals surface area contributed by atoms with Crippen molar-refractivity contribution in [1.29, 1.82) is 0 Å². The zero-order valence-corrected chi connectivity index (χ0v) is 14.7. The fourth-order valence-corrected chi connectivity index (χ4v) is 2.82. The molecule has 10 heteroatoms. The number of non-ortho nitro benzene ring substituents is 1. The van der Waals surface area contributed by atoms with Crippen LogP contribution < -0.4 is 9.62 Å². The van der Waals surface area contributed by atoms with E-state index < -0.39 is 27.4 Å². The van der Waals surface area contributed by atoms with Gasteiger partial charge >= 0.3 is 0 Å². The molecule has 0 atom stereocenters. The number of amides is 1.